The van der Waals surface area contributed by atoms with Crippen molar-refractivity contribution >= 4 is 26.7 Å². The Morgan fingerprint density at radius 2 is 1.83 bits per heavy atom. The van der Waals surface area contributed by atoms with Gasteiger partial charge in [0, 0.05) is 44.6 Å². The summed E-state index contributed by atoms with van der Waals surface area (Å²) in [6, 6.07) is 2.60. The molecule has 0 aliphatic carbocycles. The molecule has 1 aromatic carbocycles. The Kier molecular flexibility index (Phi) is 6.30. The van der Waals surface area contributed by atoms with Gasteiger partial charge in [-0.25, -0.2) is 13.1 Å². The lowest BCUT2D eigenvalue weighted by Gasteiger charge is -2.38. The predicted octanol–water partition coefficient (Wildman–Crippen LogP) is 2.00. The number of hydrogen-bond donors (Lipinski definition) is 2. The van der Waals surface area contributed by atoms with E-state index >= 15 is 0 Å². The van der Waals surface area contributed by atoms with E-state index in [1.165, 1.54) is 18.5 Å². The van der Waals surface area contributed by atoms with Gasteiger partial charge in [-0.2, -0.15) is 13.2 Å². The third-order valence-electron chi connectivity index (χ3n) is 4.83. The molecular weight excluding hydrogens is 407 g/mol. The molecule has 1 aliphatic heterocycles. The lowest BCUT2D eigenvalue weighted by atomic mass is 9.95. The van der Waals surface area contributed by atoms with Crippen LogP contribution in [0.4, 0.5) is 18.9 Å². The van der Waals surface area contributed by atoms with E-state index in [0.717, 1.165) is 18.7 Å². The SMILES string of the molecule is C[C@@H]1C[C@H](NCCNS(C)(=O)=O)CN(c2ccc(C(F)(F)F)c3nccnc23)C1. The molecule has 29 heavy (non-hydrogen) atoms. The van der Waals surface area contributed by atoms with E-state index < -0.39 is 21.8 Å². The summed E-state index contributed by atoms with van der Waals surface area (Å²) in [5.41, 5.74) is -0.101. The largest absolute Gasteiger partial charge is 0.418 e. The number of rotatable bonds is 6. The Balaban J connectivity index is 1.80. The van der Waals surface area contributed by atoms with Crippen LogP contribution in [-0.4, -0.2) is 56.9 Å². The van der Waals surface area contributed by atoms with Gasteiger partial charge in [0.25, 0.3) is 0 Å². The van der Waals surface area contributed by atoms with Gasteiger partial charge in [-0.15, -0.1) is 0 Å². The van der Waals surface area contributed by atoms with Crippen LogP contribution in [0.15, 0.2) is 24.5 Å². The fourth-order valence-electron chi connectivity index (χ4n) is 3.74. The highest BCUT2D eigenvalue weighted by atomic mass is 32.2. The standard InChI is InChI=1S/C18H24F3N5O2S/c1-12-9-13(22-7-8-25-29(2,27)28)11-26(10-12)15-4-3-14(18(19,20)21)16-17(15)24-6-5-23-16/h3-6,12-13,22,25H,7-11H2,1-2H3/t12-,13+/m1/s1. The second kappa shape index (κ2) is 8.41. The lowest BCUT2D eigenvalue weighted by Crippen LogP contribution is -2.50. The number of aromatic nitrogens is 2. The topological polar surface area (TPSA) is 87.2 Å². The molecule has 1 saturated heterocycles. The van der Waals surface area contributed by atoms with Gasteiger partial charge >= 0.3 is 6.18 Å². The van der Waals surface area contributed by atoms with Gasteiger partial charge < -0.3 is 10.2 Å². The van der Waals surface area contributed by atoms with Crippen molar-refractivity contribution in [3.63, 3.8) is 0 Å². The molecule has 0 radical (unpaired) electrons. The van der Waals surface area contributed by atoms with Crippen molar-refractivity contribution < 1.29 is 21.6 Å². The Hall–Kier alpha value is -1.98. The van der Waals surface area contributed by atoms with Crippen molar-refractivity contribution in [2.75, 3.05) is 37.3 Å². The molecule has 160 valence electrons. The third kappa shape index (κ3) is 5.55. The summed E-state index contributed by atoms with van der Waals surface area (Å²) in [4.78, 5) is 10.1. The van der Waals surface area contributed by atoms with E-state index in [-0.39, 0.29) is 23.6 Å². The zero-order valence-corrected chi connectivity index (χ0v) is 17.0. The number of nitrogens with one attached hydrogen (secondary N) is 2. The normalized spacial score (nSPS) is 20.9. The number of anilines is 1. The van der Waals surface area contributed by atoms with E-state index in [1.807, 2.05) is 4.90 Å². The van der Waals surface area contributed by atoms with Gasteiger partial charge in [0.15, 0.2) is 0 Å². The maximum Gasteiger partial charge on any atom is 0.418 e. The zero-order chi connectivity index (χ0) is 21.2. The molecule has 0 unspecified atom stereocenters. The van der Waals surface area contributed by atoms with Gasteiger partial charge in [0.05, 0.1) is 17.5 Å². The second-order valence-corrected chi connectivity index (χ2v) is 9.28. The molecule has 7 nitrogen and oxygen atoms in total. The smallest absolute Gasteiger partial charge is 0.368 e. The molecule has 3 rings (SSSR count). The first kappa shape index (κ1) is 21.7. The number of halogens is 3. The highest BCUT2D eigenvalue weighted by molar-refractivity contribution is 7.88. The molecular formula is C18H24F3N5O2S. The van der Waals surface area contributed by atoms with E-state index in [9.17, 15) is 21.6 Å². The molecule has 11 heteroatoms. The van der Waals surface area contributed by atoms with E-state index in [1.54, 1.807) is 0 Å². The van der Waals surface area contributed by atoms with E-state index in [0.29, 0.717) is 31.2 Å². The summed E-state index contributed by atoms with van der Waals surface area (Å²) in [7, 11) is -3.24. The van der Waals surface area contributed by atoms with E-state index in [4.69, 9.17) is 0 Å². The molecule has 0 amide bonds. The Morgan fingerprint density at radius 1 is 1.14 bits per heavy atom. The first-order valence-electron chi connectivity index (χ1n) is 9.28. The molecule has 2 aromatic rings. The van der Waals surface area contributed by atoms with Gasteiger partial charge in [0.2, 0.25) is 10.0 Å². The fraction of sp³-hybridized carbons (Fsp3) is 0.556. The number of nitrogens with zero attached hydrogens (tertiary/aromatic N) is 3. The minimum Gasteiger partial charge on any atom is -0.368 e. The van der Waals surface area contributed by atoms with Crippen LogP contribution in [0.2, 0.25) is 0 Å². The van der Waals surface area contributed by atoms with Crippen LogP contribution in [0.3, 0.4) is 0 Å². The van der Waals surface area contributed by atoms with Crippen LogP contribution >= 0.6 is 0 Å². The van der Waals surface area contributed by atoms with Crippen molar-refractivity contribution in [2.45, 2.75) is 25.6 Å². The number of hydrogen-bond acceptors (Lipinski definition) is 6. The maximum absolute atomic E-state index is 13.3. The summed E-state index contributed by atoms with van der Waals surface area (Å²) in [6.07, 6.45) is 0.151. The van der Waals surface area contributed by atoms with Crippen molar-refractivity contribution in [3.8, 4) is 0 Å². The Bertz CT molecular complexity index is 968. The quantitative estimate of drug-likeness (QED) is 0.681. The second-order valence-electron chi connectivity index (χ2n) is 7.45. The van der Waals surface area contributed by atoms with Crippen LogP contribution < -0.4 is 14.9 Å². The van der Waals surface area contributed by atoms with Crippen LogP contribution in [0.5, 0.6) is 0 Å². The average Bonchev–Trinajstić information content (AvgIpc) is 2.62. The van der Waals surface area contributed by atoms with Crippen molar-refractivity contribution in [1.29, 1.82) is 0 Å². The molecule has 0 bridgehead atoms. The predicted molar refractivity (Wildman–Crippen MR) is 105 cm³/mol. The number of benzene rings is 1. The Labute approximate surface area is 167 Å². The monoisotopic (exact) mass is 431 g/mol. The fourth-order valence-corrected chi connectivity index (χ4v) is 4.21. The average molecular weight is 431 g/mol. The number of sulfonamides is 1. The summed E-state index contributed by atoms with van der Waals surface area (Å²) >= 11 is 0. The van der Waals surface area contributed by atoms with Crippen LogP contribution in [0, 0.1) is 5.92 Å². The minimum absolute atomic E-state index is 0.0779. The molecule has 1 aliphatic rings. The van der Waals surface area contributed by atoms with Gasteiger partial charge in [-0.1, -0.05) is 6.92 Å². The molecule has 0 saturated carbocycles. The molecule has 0 spiro atoms. The number of alkyl halides is 3. The number of fused-ring (bicyclic) bond motifs is 1. The molecule has 1 aromatic heterocycles. The maximum atomic E-state index is 13.3. The van der Waals surface area contributed by atoms with Crippen LogP contribution in [0.25, 0.3) is 11.0 Å². The molecule has 1 fully saturated rings. The molecule has 2 atom stereocenters. The summed E-state index contributed by atoms with van der Waals surface area (Å²) in [5.74, 6) is 0.304. The first-order valence-corrected chi connectivity index (χ1v) is 11.2. The van der Waals surface area contributed by atoms with Gasteiger partial charge in [-0.05, 0) is 24.5 Å². The summed E-state index contributed by atoms with van der Waals surface area (Å²) in [6.45, 7) is 4.09. The molecule has 2 N–H and O–H groups in total. The third-order valence-corrected chi connectivity index (χ3v) is 5.56. The van der Waals surface area contributed by atoms with Crippen LogP contribution in [-0.2, 0) is 16.2 Å². The van der Waals surface area contributed by atoms with Gasteiger partial charge in [0.1, 0.15) is 11.0 Å². The van der Waals surface area contributed by atoms with Gasteiger partial charge in [-0.3, -0.25) is 9.97 Å². The van der Waals surface area contributed by atoms with Crippen molar-refractivity contribution in [1.82, 2.24) is 20.0 Å². The summed E-state index contributed by atoms with van der Waals surface area (Å²) < 4.78 is 64.7. The highest BCUT2D eigenvalue weighted by Gasteiger charge is 2.35. The minimum atomic E-state index is -4.50. The highest BCUT2D eigenvalue weighted by Crippen LogP contribution is 2.37. The Morgan fingerprint density at radius 3 is 2.48 bits per heavy atom. The van der Waals surface area contributed by atoms with Crippen LogP contribution in [0.1, 0.15) is 18.9 Å². The van der Waals surface area contributed by atoms with Crippen molar-refractivity contribution in [3.05, 3.63) is 30.1 Å². The summed E-state index contributed by atoms with van der Waals surface area (Å²) in [5, 5.41) is 3.32. The van der Waals surface area contributed by atoms with E-state index in [2.05, 4.69) is 26.9 Å². The number of piperidine rings is 1. The van der Waals surface area contributed by atoms with Crippen molar-refractivity contribution in [2.24, 2.45) is 5.92 Å². The zero-order valence-electron chi connectivity index (χ0n) is 16.2. The molecule has 2 heterocycles. The lowest BCUT2D eigenvalue weighted by molar-refractivity contribution is -0.136. The first-order chi connectivity index (χ1) is 13.5.